The molecule has 1 aromatic rings. The minimum Gasteiger partial charge on any atom is -0.310 e. The van der Waals surface area contributed by atoms with Gasteiger partial charge in [-0.15, -0.1) is 0 Å². The van der Waals surface area contributed by atoms with E-state index in [1.165, 1.54) is 43.2 Å². The second-order valence-electron chi connectivity index (χ2n) is 5.02. The molecule has 2 unspecified atom stereocenters. The van der Waals surface area contributed by atoms with Crippen LogP contribution >= 0.6 is 11.3 Å². The molecule has 1 aromatic heterocycles. The molecule has 2 atom stereocenters. The molecule has 2 rings (SSSR count). The van der Waals surface area contributed by atoms with Crippen LogP contribution in [0, 0.1) is 12.8 Å². The van der Waals surface area contributed by atoms with E-state index in [9.17, 15) is 0 Å². The van der Waals surface area contributed by atoms with Crippen molar-refractivity contribution in [2.24, 2.45) is 5.92 Å². The van der Waals surface area contributed by atoms with E-state index >= 15 is 0 Å². The molecule has 1 nitrogen and oxygen atoms in total. The normalized spacial score (nSPS) is 25.9. The molecule has 16 heavy (non-hydrogen) atoms. The van der Waals surface area contributed by atoms with Crippen molar-refractivity contribution in [3.8, 4) is 0 Å². The van der Waals surface area contributed by atoms with E-state index in [0.717, 1.165) is 18.5 Å². The van der Waals surface area contributed by atoms with Gasteiger partial charge < -0.3 is 5.32 Å². The number of hydrogen-bond donors (Lipinski definition) is 1. The molecule has 0 radical (unpaired) electrons. The first-order valence-corrected chi connectivity index (χ1v) is 7.50. The summed E-state index contributed by atoms with van der Waals surface area (Å²) in [4.78, 5) is 0. The molecule has 2 heteroatoms. The van der Waals surface area contributed by atoms with Crippen molar-refractivity contribution in [2.75, 3.05) is 0 Å². The molecule has 0 saturated heterocycles. The highest BCUT2D eigenvalue weighted by atomic mass is 32.1. The van der Waals surface area contributed by atoms with Crippen molar-refractivity contribution >= 4 is 11.3 Å². The summed E-state index contributed by atoms with van der Waals surface area (Å²) in [6.07, 6.45) is 6.99. The summed E-state index contributed by atoms with van der Waals surface area (Å²) in [7, 11) is 0. The van der Waals surface area contributed by atoms with Crippen LogP contribution in [0.1, 0.15) is 50.2 Å². The number of rotatable bonds is 4. The Morgan fingerprint density at radius 3 is 2.81 bits per heavy atom. The van der Waals surface area contributed by atoms with E-state index in [2.05, 4.69) is 29.9 Å². The Hall–Kier alpha value is -0.340. The zero-order chi connectivity index (χ0) is 11.4. The summed E-state index contributed by atoms with van der Waals surface area (Å²) in [6.45, 7) is 5.61. The fourth-order valence-corrected chi connectivity index (χ4v) is 3.63. The summed E-state index contributed by atoms with van der Waals surface area (Å²) >= 11 is 1.82. The van der Waals surface area contributed by atoms with Crippen molar-refractivity contribution in [2.45, 2.75) is 58.5 Å². The van der Waals surface area contributed by atoms with Gasteiger partial charge in [-0.05, 0) is 47.6 Å². The van der Waals surface area contributed by atoms with Crippen LogP contribution in [0.2, 0.25) is 0 Å². The van der Waals surface area contributed by atoms with Crippen LogP contribution in [0.15, 0.2) is 10.8 Å². The van der Waals surface area contributed by atoms with Crippen molar-refractivity contribution in [3.63, 3.8) is 0 Å². The molecule has 0 spiro atoms. The van der Waals surface area contributed by atoms with E-state index in [-0.39, 0.29) is 0 Å². The summed E-state index contributed by atoms with van der Waals surface area (Å²) < 4.78 is 0. The maximum Gasteiger partial charge on any atom is 0.0219 e. The van der Waals surface area contributed by atoms with Crippen LogP contribution in [0.4, 0.5) is 0 Å². The van der Waals surface area contributed by atoms with E-state index in [4.69, 9.17) is 0 Å². The highest BCUT2D eigenvalue weighted by molar-refractivity contribution is 7.08. The highest BCUT2D eigenvalue weighted by Crippen LogP contribution is 2.27. The van der Waals surface area contributed by atoms with Crippen LogP contribution in [-0.2, 0) is 6.54 Å². The van der Waals surface area contributed by atoms with E-state index in [0.29, 0.717) is 0 Å². The first-order valence-electron chi connectivity index (χ1n) is 6.56. The van der Waals surface area contributed by atoms with E-state index in [1.54, 1.807) is 0 Å². The van der Waals surface area contributed by atoms with Gasteiger partial charge in [-0.3, -0.25) is 0 Å². The third kappa shape index (κ3) is 2.86. The number of aryl methyl sites for hydroxylation is 1. The van der Waals surface area contributed by atoms with Crippen LogP contribution in [0.5, 0.6) is 0 Å². The molecule has 1 fully saturated rings. The number of nitrogens with one attached hydrogen (secondary N) is 1. The second-order valence-corrected chi connectivity index (χ2v) is 5.76. The molecule has 0 aromatic carbocycles. The van der Waals surface area contributed by atoms with Gasteiger partial charge in [0, 0.05) is 12.6 Å². The molecule has 90 valence electrons. The van der Waals surface area contributed by atoms with Crippen LogP contribution in [0.25, 0.3) is 0 Å². The molecule has 0 amide bonds. The summed E-state index contributed by atoms with van der Waals surface area (Å²) in [5, 5.41) is 8.30. The Labute approximate surface area is 103 Å². The van der Waals surface area contributed by atoms with Gasteiger partial charge >= 0.3 is 0 Å². The zero-order valence-electron chi connectivity index (χ0n) is 10.5. The average Bonchev–Trinajstić information content (AvgIpc) is 2.72. The first-order chi connectivity index (χ1) is 7.81. The smallest absolute Gasteiger partial charge is 0.0219 e. The van der Waals surface area contributed by atoms with Gasteiger partial charge in [0.1, 0.15) is 0 Å². The molecule has 0 bridgehead atoms. The summed E-state index contributed by atoms with van der Waals surface area (Å²) in [5.74, 6) is 0.910. The quantitative estimate of drug-likeness (QED) is 0.831. The monoisotopic (exact) mass is 237 g/mol. The molecule has 1 N–H and O–H groups in total. The molecular formula is C14H23NS. The lowest BCUT2D eigenvalue weighted by Gasteiger charge is -2.31. The minimum atomic E-state index is 0.762. The lowest BCUT2D eigenvalue weighted by atomic mass is 9.83. The molecule has 0 aliphatic heterocycles. The lowest BCUT2D eigenvalue weighted by Crippen LogP contribution is -2.37. The molecule has 1 saturated carbocycles. The van der Waals surface area contributed by atoms with Crippen LogP contribution in [-0.4, -0.2) is 6.04 Å². The van der Waals surface area contributed by atoms with Crippen LogP contribution < -0.4 is 5.32 Å². The Morgan fingerprint density at radius 1 is 1.31 bits per heavy atom. The summed E-state index contributed by atoms with van der Waals surface area (Å²) in [6, 6.07) is 0.762. The van der Waals surface area contributed by atoms with Crippen molar-refractivity contribution in [3.05, 3.63) is 21.9 Å². The summed E-state index contributed by atoms with van der Waals surface area (Å²) in [5.41, 5.74) is 2.94. The minimum absolute atomic E-state index is 0.762. The molecular weight excluding hydrogens is 214 g/mol. The Morgan fingerprint density at radius 2 is 2.12 bits per heavy atom. The third-order valence-corrected chi connectivity index (χ3v) is 4.86. The SMILES string of the molecule is CCC1CCCCC1NCc1cscc1C. The van der Waals surface area contributed by atoms with E-state index < -0.39 is 0 Å². The van der Waals surface area contributed by atoms with Crippen molar-refractivity contribution in [1.29, 1.82) is 0 Å². The standard InChI is InChI=1S/C14H23NS/c1-3-12-6-4-5-7-14(12)15-8-13-10-16-9-11(13)2/h9-10,12,14-15H,3-8H2,1-2H3. The highest BCUT2D eigenvalue weighted by Gasteiger charge is 2.22. The molecule has 1 heterocycles. The Balaban J connectivity index is 1.86. The Kier molecular flexibility index (Phi) is 4.42. The topological polar surface area (TPSA) is 12.0 Å². The average molecular weight is 237 g/mol. The van der Waals surface area contributed by atoms with Crippen molar-refractivity contribution < 1.29 is 0 Å². The maximum atomic E-state index is 3.77. The fraction of sp³-hybridized carbons (Fsp3) is 0.714. The predicted molar refractivity (Wildman–Crippen MR) is 71.9 cm³/mol. The van der Waals surface area contributed by atoms with Gasteiger partial charge in [0.15, 0.2) is 0 Å². The molecule has 1 aliphatic carbocycles. The fourth-order valence-electron chi connectivity index (χ4n) is 2.77. The predicted octanol–water partition coefficient (Wildman–Crippen LogP) is 4.11. The first kappa shape index (κ1) is 12.1. The largest absolute Gasteiger partial charge is 0.310 e. The van der Waals surface area contributed by atoms with Gasteiger partial charge in [-0.1, -0.05) is 26.2 Å². The lowest BCUT2D eigenvalue weighted by molar-refractivity contribution is 0.254. The zero-order valence-corrected chi connectivity index (χ0v) is 11.3. The molecule has 1 aliphatic rings. The van der Waals surface area contributed by atoms with Crippen LogP contribution in [0.3, 0.4) is 0 Å². The van der Waals surface area contributed by atoms with Gasteiger partial charge in [-0.2, -0.15) is 11.3 Å². The van der Waals surface area contributed by atoms with E-state index in [1.807, 2.05) is 11.3 Å². The van der Waals surface area contributed by atoms with Gasteiger partial charge in [-0.25, -0.2) is 0 Å². The third-order valence-electron chi connectivity index (χ3n) is 3.95. The maximum absolute atomic E-state index is 3.77. The van der Waals surface area contributed by atoms with Gasteiger partial charge in [0.2, 0.25) is 0 Å². The Bertz CT molecular complexity index is 318. The number of hydrogen-bond acceptors (Lipinski definition) is 2. The second kappa shape index (κ2) is 5.83. The number of thiophene rings is 1. The van der Waals surface area contributed by atoms with Gasteiger partial charge in [0.05, 0.1) is 0 Å². The van der Waals surface area contributed by atoms with Gasteiger partial charge in [0.25, 0.3) is 0 Å². The van der Waals surface area contributed by atoms with Crippen molar-refractivity contribution in [1.82, 2.24) is 5.32 Å².